The third-order valence-corrected chi connectivity index (χ3v) is 2.06. The van der Waals surface area contributed by atoms with Crippen molar-refractivity contribution in [3.63, 3.8) is 0 Å². The normalized spacial score (nSPS) is 11.8. The first-order chi connectivity index (χ1) is 4.83. The zero-order chi connectivity index (χ0) is 9.07. The van der Waals surface area contributed by atoms with E-state index >= 15 is 0 Å². The van der Waals surface area contributed by atoms with Gasteiger partial charge >= 0.3 is 5.97 Å². The van der Waals surface area contributed by atoms with Crippen LogP contribution in [0.15, 0.2) is 0 Å². The zero-order valence-electron chi connectivity index (χ0n) is 7.81. The minimum atomic E-state index is -1.24. The molecular weight excluding hydrogens is 156 g/mol. The van der Waals surface area contributed by atoms with E-state index in [0.717, 1.165) is 0 Å². The molecule has 0 aliphatic carbocycles. The third-order valence-electron chi connectivity index (χ3n) is 1.05. The Morgan fingerprint density at radius 2 is 2.00 bits per heavy atom. The number of rotatable bonds is 3. The van der Waals surface area contributed by atoms with Crippen LogP contribution in [-0.2, 0) is 9.53 Å². The summed E-state index contributed by atoms with van der Waals surface area (Å²) in [5.74, 6) is -0.432. The Morgan fingerprint density at radius 3 is 2.27 bits per heavy atom. The highest BCUT2D eigenvalue weighted by molar-refractivity contribution is 6.76. The summed E-state index contributed by atoms with van der Waals surface area (Å²) in [5.41, 5.74) is 0. The Kier molecular flexibility index (Phi) is 3.79. The first kappa shape index (κ1) is 10.7. The van der Waals surface area contributed by atoms with E-state index in [1.807, 2.05) is 0 Å². The number of hydrogen-bond acceptors (Lipinski definition) is 2. The van der Waals surface area contributed by atoms with Crippen LogP contribution in [-0.4, -0.2) is 20.3 Å². The molecule has 0 rings (SSSR count). The average molecular weight is 173 g/mol. The molecule has 0 saturated heterocycles. The van der Waals surface area contributed by atoms with E-state index in [1.54, 1.807) is 6.92 Å². The van der Waals surface area contributed by atoms with Gasteiger partial charge in [-0.3, -0.25) is 4.79 Å². The van der Waals surface area contributed by atoms with E-state index in [-0.39, 0.29) is 11.9 Å². The summed E-state index contributed by atoms with van der Waals surface area (Å²) in [6.07, 6.45) is 0.603. The molecule has 0 saturated carbocycles. The summed E-state index contributed by atoms with van der Waals surface area (Å²) in [6, 6.07) is 0. The van der Waals surface area contributed by atoms with Crippen LogP contribution < -0.4 is 0 Å². The minimum absolute atomic E-state index is 0.188. The Bertz CT molecular complexity index is 136. The van der Waals surface area contributed by atoms with Gasteiger partial charge in [0.2, 0.25) is 0 Å². The maximum atomic E-state index is 10.9. The van der Waals surface area contributed by atoms with Gasteiger partial charge in [-0.05, 0) is 6.92 Å². The van der Waals surface area contributed by atoms with Crippen molar-refractivity contribution >= 4 is 14.0 Å². The van der Waals surface area contributed by atoms with Crippen LogP contribution in [0.4, 0.5) is 0 Å². The second-order valence-corrected chi connectivity index (χ2v) is 9.48. The summed E-state index contributed by atoms with van der Waals surface area (Å²) >= 11 is 0. The van der Waals surface area contributed by atoms with Crippen LogP contribution in [0.2, 0.25) is 19.6 Å². The van der Waals surface area contributed by atoms with Gasteiger partial charge in [0.1, 0.15) is 0 Å². The van der Waals surface area contributed by atoms with Gasteiger partial charge in [0.25, 0.3) is 0 Å². The summed E-state index contributed by atoms with van der Waals surface area (Å²) in [5, 5.41) is 0. The quantitative estimate of drug-likeness (QED) is 0.481. The monoisotopic (exact) mass is 173 g/mol. The molecule has 0 spiro atoms. The first-order valence-electron chi connectivity index (χ1n) is 3.82. The van der Waals surface area contributed by atoms with Crippen LogP contribution in [0.5, 0.6) is 0 Å². The van der Waals surface area contributed by atoms with Gasteiger partial charge in [-0.25, -0.2) is 0 Å². The molecule has 0 aromatic heterocycles. The second kappa shape index (κ2) is 3.90. The molecule has 0 aliphatic rings. The lowest BCUT2D eigenvalue weighted by Crippen LogP contribution is -2.31. The highest BCUT2D eigenvalue weighted by atomic mass is 28.3. The van der Waals surface area contributed by atoms with Crippen LogP contribution in [0.3, 0.4) is 0 Å². The van der Waals surface area contributed by atoms with Gasteiger partial charge in [-0.2, -0.15) is 0 Å². The van der Waals surface area contributed by atoms with Gasteiger partial charge in [0.05, 0.1) is 20.2 Å². The summed E-state index contributed by atoms with van der Waals surface area (Å²) in [4.78, 5) is 10.9. The van der Waals surface area contributed by atoms with Crippen molar-refractivity contribution in [2.75, 3.05) is 6.23 Å². The number of ether oxygens (including phenoxy) is 1. The van der Waals surface area contributed by atoms with E-state index in [2.05, 4.69) is 26.6 Å². The molecule has 0 fully saturated rings. The first-order valence-corrected chi connectivity index (χ1v) is 7.53. The summed E-state index contributed by atoms with van der Waals surface area (Å²) in [7, 11) is -1.24. The van der Waals surface area contributed by atoms with Gasteiger partial charge < -0.3 is 4.74 Å². The number of carbonyl (C=O) groups excluding carboxylic acids is 1. The Hall–Kier alpha value is -0.313. The SMILES string of the molecule is [CH2]C(C)C(=O)OC[Si](C)(C)C. The fourth-order valence-electron chi connectivity index (χ4n) is 0.430. The largest absolute Gasteiger partial charge is 0.469 e. The van der Waals surface area contributed by atoms with Gasteiger partial charge in [-0.15, -0.1) is 0 Å². The molecule has 0 bridgehead atoms. The molecular formula is C8H17O2Si. The highest BCUT2D eigenvalue weighted by Gasteiger charge is 2.17. The molecule has 0 amide bonds. The van der Waals surface area contributed by atoms with Crippen molar-refractivity contribution in [2.24, 2.45) is 5.92 Å². The lowest BCUT2D eigenvalue weighted by molar-refractivity contribution is -0.144. The Labute approximate surface area is 69.9 Å². The van der Waals surface area contributed by atoms with E-state index in [4.69, 9.17) is 4.74 Å². The molecule has 0 aromatic carbocycles. The molecule has 1 atom stereocenters. The number of esters is 1. The van der Waals surface area contributed by atoms with Gasteiger partial charge in [-0.1, -0.05) is 26.6 Å². The van der Waals surface area contributed by atoms with Crippen molar-refractivity contribution in [2.45, 2.75) is 26.6 Å². The summed E-state index contributed by atoms with van der Waals surface area (Å²) < 4.78 is 5.03. The lowest BCUT2D eigenvalue weighted by atomic mass is 10.2. The van der Waals surface area contributed by atoms with Crippen molar-refractivity contribution < 1.29 is 9.53 Å². The molecule has 1 radical (unpaired) electrons. The fourth-order valence-corrected chi connectivity index (χ4v) is 1.01. The van der Waals surface area contributed by atoms with Crippen LogP contribution >= 0.6 is 0 Å². The van der Waals surface area contributed by atoms with Gasteiger partial charge in [0, 0.05) is 0 Å². The summed E-state index contributed by atoms with van der Waals surface area (Å²) in [6.45, 7) is 11.8. The molecule has 1 unspecified atom stereocenters. The van der Waals surface area contributed by atoms with Crippen molar-refractivity contribution in [1.82, 2.24) is 0 Å². The topological polar surface area (TPSA) is 26.3 Å². The van der Waals surface area contributed by atoms with E-state index in [0.29, 0.717) is 6.23 Å². The van der Waals surface area contributed by atoms with E-state index < -0.39 is 8.07 Å². The van der Waals surface area contributed by atoms with Crippen molar-refractivity contribution in [1.29, 1.82) is 0 Å². The average Bonchev–Trinajstić information content (AvgIpc) is 1.80. The molecule has 0 aromatic rings. The Morgan fingerprint density at radius 1 is 1.55 bits per heavy atom. The van der Waals surface area contributed by atoms with E-state index in [9.17, 15) is 4.79 Å². The molecule has 2 nitrogen and oxygen atoms in total. The Balaban J connectivity index is 3.64. The second-order valence-electron chi connectivity index (χ2n) is 4.07. The molecule has 3 heteroatoms. The third kappa shape index (κ3) is 6.10. The predicted octanol–water partition coefficient (Wildman–Crippen LogP) is 1.88. The van der Waals surface area contributed by atoms with Crippen LogP contribution in [0.25, 0.3) is 0 Å². The maximum Gasteiger partial charge on any atom is 0.308 e. The highest BCUT2D eigenvalue weighted by Crippen LogP contribution is 2.03. The predicted molar refractivity (Wildman–Crippen MR) is 48.8 cm³/mol. The maximum absolute atomic E-state index is 10.9. The zero-order valence-corrected chi connectivity index (χ0v) is 8.81. The molecule has 0 N–H and O–H groups in total. The molecule has 0 aliphatic heterocycles. The molecule has 65 valence electrons. The van der Waals surface area contributed by atoms with Crippen LogP contribution in [0, 0.1) is 12.8 Å². The number of carbonyl (C=O) groups is 1. The van der Waals surface area contributed by atoms with Crippen molar-refractivity contribution in [3.05, 3.63) is 6.92 Å². The number of hydrogen-bond donors (Lipinski definition) is 0. The lowest BCUT2D eigenvalue weighted by Gasteiger charge is -2.16. The van der Waals surface area contributed by atoms with Crippen molar-refractivity contribution in [3.8, 4) is 0 Å². The fraction of sp³-hybridized carbons (Fsp3) is 0.750. The van der Waals surface area contributed by atoms with Gasteiger partial charge in [0.15, 0.2) is 0 Å². The van der Waals surface area contributed by atoms with E-state index in [1.165, 1.54) is 0 Å². The standard InChI is InChI=1S/C8H17O2Si/c1-7(2)8(9)10-6-11(3,4)5/h7H,1,6H2,2-5H3. The van der Waals surface area contributed by atoms with Crippen LogP contribution in [0.1, 0.15) is 6.92 Å². The minimum Gasteiger partial charge on any atom is -0.469 e. The molecule has 11 heavy (non-hydrogen) atoms. The smallest absolute Gasteiger partial charge is 0.308 e. The molecule has 0 heterocycles.